The molecular weight excluding hydrogens is 338 g/mol. The van der Waals surface area contributed by atoms with E-state index in [9.17, 15) is 5.11 Å². The standard InChI is InChI=1S/C18H18ClN5O/c19-16-9-5-4-8-15(16)18(25)10-12-23(13-11-18)17-20-21-22-24(17)14-6-2-1-3-7-14/h1-9,25H,10-13H2. The number of tetrazole rings is 1. The Morgan fingerprint density at radius 3 is 2.36 bits per heavy atom. The van der Waals surface area contributed by atoms with Gasteiger partial charge in [-0.15, -0.1) is 0 Å². The fourth-order valence-corrected chi connectivity index (χ4v) is 3.61. The van der Waals surface area contributed by atoms with Crippen LogP contribution < -0.4 is 4.90 Å². The molecule has 1 saturated heterocycles. The highest BCUT2D eigenvalue weighted by molar-refractivity contribution is 6.31. The van der Waals surface area contributed by atoms with Crippen LogP contribution in [-0.4, -0.2) is 38.4 Å². The number of anilines is 1. The summed E-state index contributed by atoms with van der Waals surface area (Å²) in [7, 11) is 0. The lowest BCUT2D eigenvalue weighted by molar-refractivity contribution is 0.0116. The first kappa shape index (κ1) is 16.1. The summed E-state index contributed by atoms with van der Waals surface area (Å²) in [4.78, 5) is 2.10. The summed E-state index contributed by atoms with van der Waals surface area (Å²) in [6.07, 6.45) is 1.14. The molecule has 0 amide bonds. The quantitative estimate of drug-likeness (QED) is 0.782. The lowest BCUT2D eigenvalue weighted by atomic mass is 9.84. The Balaban J connectivity index is 1.56. The molecule has 0 radical (unpaired) electrons. The second-order valence-corrected chi connectivity index (χ2v) is 6.63. The van der Waals surface area contributed by atoms with Crippen molar-refractivity contribution in [1.82, 2.24) is 20.2 Å². The zero-order valence-electron chi connectivity index (χ0n) is 13.6. The number of para-hydroxylation sites is 1. The minimum absolute atomic E-state index is 0.568. The molecule has 1 N–H and O–H groups in total. The van der Waals surface area contributed by atoms with Gasteiger partial charge in [0.05, 0.1) is 11.3 Å². The molecule has 2 aromatic carbocycles. The van der Waals surface area contributed by atoms with Gasteiger partial charge in [0, 0.05) is 23.7 Å². The number of benzene rings is 2. The molecule has 2 heterocycles. The minimum atomic E-state index is -0.917. The van der Waals surface area contributed by atoms with Crippen LogP contribution >= 0.6 is 11.6 Å². The van der Waals surface area contributed by atoms with E-state index in [1.165, 1.54) is 0 Å². The molecule has 25 heavy (non-hydrogen) atoms. The fraction of sp³-hybridized carbons (Fsp3) is 0.278. The Kier molecular flexibility index (Phi) is 4.15. The average Bonchev–Trinajstić information content (AvgIpc) is 3.13. The van der Waals surface area contributed by atoms with Crippen LogP contribution in [0.1, 0.15) is 18.4 Å². The van der Waals surface area contributed by atoms with Gasteiger partial charge in [-0.3, -0.25) is 0 Å². The largest absolute Gasteiger partial charge is 0.385 e. The highest BCUT2D eigenvalue weighted by Gasteiger charge is 2.36. The van der Waals surface area contributed by atoms with Gasteiger partial charge < -0.3 is 10.0 Å². The van der Waals surface area contributed by atoms with E-state index < -0.39 is 5.60 Å². The van der Waals surface area contributed by atoms with Gasteiger partial charge in [0.1, 0.15) is 0 Å². The van der Waals surface area contributed by atoms with E-state index in [0.29, 0.717) is 36.9 Å². The van der Waals surface area contributed by atoms with Crippen LogP contribution in [0.2, 0.25) is 5.02 Å². The zero-order valence-corrected chi connectivity index (χ0v) is 14.3. The summed E-state index contributed by atoms with van der Waals surface area (Å²) in [5, 5.41) is 23.8. The number of halogens is 1. The Morgan fingerprint density at radius 2 is 1.64 bits per heavy atom. The molecule has 6 nitrogen and oxygen atoms in total. The van der Waals surface area contributed by atoms with Crippen molar-refractivity contribution in [3.8, 4) is 5.69 Å². The van der Waals surface area contributed by atoms with Crippen molar-refractivity contribution in [2.24, 2.45) is 0 Å². The number of rotatable bonds is 3. The van der Waals surface area contributed by atoms with Gasteiger partial charge in [-0.25, -0.2) is 0 Å². The molecule has 0 bridgehead atoms. The molecule has 7 heteroatoms. The minimum Gasteiger partial charge on any atom is -0.385 e. The smallest absolute Gasteiger partial charge is 0.250 e. The zero-order chi connectivity index (χ0) is 17.3. The molecule has 1 aliphatic heterocycles. The molecule has 4 rings (SSSR count). The van der Waals surface area contributed by atoms with Crippen LogP contribution in [0.15, 0.2) is 54.6 Å². The van der Waals surface area contributed by atoms with E-state index in [4.69, 9.17) is 11.6 Å². The molecule has 1 aliphatic rings. The number of hydrogen-bond donors (Lipinski definition) is 1. The van der Waals surface area contributed by atoms with E-state index in [1.54, 1.807) is 4.68 Å². The van der Waals surface area contributed by atoms with Gasteiger partial charge in [0.15, 0.2) is 0 Å². The van der Waals surface area contributed by atoms with Crippen LogP contribution in [0.4, 0.5) is 5.95 Å². The van der Waals surface area contributed by atoms with Crippen molar-refractivity contribution >= 4 is 17.5 Å². The third kappa shape index (κ3) is 2.99. The molecule has 0 spiro atoms. The van der Waals surface area contributed by atoms with Gasteiger partial charge in [-0.1, -0.05) is 53.1 Å². The highest BCUT2D eigenvalue weighted by Crippen LogP contribution is 2.37. The van der Waals surface area contributed by atoms with Crippen molar-refractivity contribution in [3.05, 3.63) is 65.2 Å². The topological polar surface area (TPSA) is 67.1 Å². The van der Waals surface area contributed by atoms with Gasteiger partial charge in [-0.05, 0) is 41.5 Å². The summed E-state index contributed by atoms with van der Waals surface area (Å²) < 4.78 is 1.72. The summed E-state index contributed by atoms with van der Waals surface area (Å²) in [5.41, 5.74) is 0.785. The van der Waals surface area contributed by atoms with Crippen LogP contribution in [0.25, 0.3) is 5.69 Å². The monoisotopic (exact) mass is 355 g/mol. The Labute approximate surface area is 150 Å². The maximum atomic E-state index is 11.1. The predicted octanol–water partition coefficient (Wildman–Crippen LogP) is 2.80. The first-order valence-corrected chi connectivity index (χ1v) is 8.61. The lowest BCUT2D eigenvalue weighted by Crippen LogP contribution is -2.43. The molecule has 0 saturated carbocycles. The summed E-state index contributed by atoms with van der Waals surface area (Å²) >= 11 is 6.28. The predicted molar refractivity (Wildman–Crippen MR) is 95.9 cm³/mol. The van der Waals surface area contributed by atoms with E-state index in [2.05, 4.69) is 20.4 Å². The lowest BCUT2D eigenvalue weighted by Gasteiger charge is -2.38. The molecule has 0 aliphatic carbocycles. The molecule has 3 aromatic rings. The SMILES string of the molecule is OC1(c2ccccc2Cl)CCN(c2nnnn2-c2ccccc2)CC1. The van der Waals surface area contributed by atoms with Crippen molar-refractivity contribution in [3.63, 3.8) is 0 Å². The molecule has 1 aromatic heterocycles. The van der Waals surface area contributed by atoms with E-state index >= 15 is 0 Å². The Hall–Kier alpha value is -2.44. The van der Waals surface area contributed by atoms with Gasteiger partial charge >= 0.3 is 0 Å². The van der Waals surface area contributed by atoms with Crippen LogP contribution in [0, 0.1) is 0 Å². The van der Waals surface area contributed by atoms with Crippen LogP contribution in [0.3, 0.4) is 0 Å². The first-order chi connectivity index (χ1) is 12.2. The number of aliphatic hydroxyl groups is 1. The van der Waals surface area contributed by atoms with Crippen molar-refractivity contribution in [1.29, 1.82) is 0 Å². The van der Waals surface area contributed by atoms with E-state index in [-0.39, 0.29) is 0 Å². The normalized spacial score (nSPS) is 16.8. The molecular formula is C18H18ClN5O. The molecule has 128 valence electrons. The van der Waals surface area contributed by atoms with E-state index in [0.717, 1.165) is 11.3 Å². The Bertz CT molecular complexity index is 859. The van der Waals surface area contributed by atoms with Crippen LogP contribution in [0.5, 0.6) is 0 Å². The molecule has 0 atom stereocenters. The number of piperidine rings is 1. The van der Waals surface area contributed by atoms with Crippen molar-refractivity contribution < 1.29 is 5.11 Å². The summed E-state index contributed by atoms with van der Waals surface area (Å²) in [6.45, 7) is 1.30. The van der Waals surface area contributed by atoms with Gasteiger partial charge in [-0.2, -0.15) is 4.68 Å². The number of nitrogens with zero attached hydrogens (tertiary/aromatic N) is 5. The van der Waals surface area contributed by atoms with Gasteiger partial charge in [0.2, 0.25) is 5.95 Å². The van der Waals surface area contributed by atoms with Crippen molar-refractivity contribution in [2.45, 2.75) is 18.4 Å². The highest BCUT2D eigenvalue weighted by atomic mass is 35.5. The molecule has 1 fully saturated rings. The maximum Gasteiger partial charge on any atom is 0.250 e. The van der Waals surface area contributed by atoms with E-state index in [1.807, 2.05) is 54.6 Å². The Morgan fingerprint density at radius 1 is 0.960 bits per heavy atom. The van der Waals surface area contributed by atoms with Gasteiger partial charge in [0.25, 0.3) is 0 Å². The van der Waals surface area contributed by atoms with Crippen molar-refractivity contribution in [2.75, 3.05) is 18.0 Å². The third-order valence-electron chi connectivity index (χ3n) is 4.70. The summed E-state index contributed by atoms with van der Waals surface area (Å²) in [5.74, 6) is 0.687. The number of aromatic nitrogens is 4. The first-order valence-electron chi connectivity index (χ1n) is 8.23. The number of hydrogen-bond acceptors (Lipinski definition) is 5. The molecule has 0 unspecified atom stereocenters. The fourth-order valence-electron chi connectivity index (χ4n) is 3.30. The third-order valence-corrected chi connectivity index (χ3v) is 5.03. The van der Waals surface area contributed by atoms with Crippen LogP contribution in [-0.2, 0) is 5.60 Å². The maximum absolute atomic E-state index is 11.1. The second kappa shape index (κ2) is 6.46. The summed E-state index contributed by atoms with van der Waals surface area (Å²) in [6, 6.07) is 17.3. The second-order valence-electron chi connectivity index (χ2n) is 6.22. The average molecular weight is 356 g/mol.